The van der Waals surface area contributed by atoms with Crippen LogP contribution < -0.4 is 9.04 Å². The second-order valence-corrected chi connectivity index (χ2v) is 7.78. The van der Waals surface area contributed by atoms with Crippen LogP contribution in [0.5, 0.6) is 5.75 Å². The summed E-state index contributed by atoms with van der Waals surface area (Å²) in [6.45, 7) is 9.71. The zero-order chi connectivity index (χ0) is 18.1. The molecule has 0 N–H and O–H groups in total. The maximum absolute atomic E-state index is 13.4. The summed E-state index contributed by atoms with van der Waals surface area (Å²) >= 11 is 0. The van der Waals surface area contributed by atoms with Crippen molar-refractivity contribution in [1.29, 1.82) is 0 Å². The van der Waals surface area contributed by atoms with Gasteiger partial charge in [-0.15, -0.1) is 0 Å². The highest BCUT2D eigenvalue weighted by atomic mass is 32.2. The number of hydrogen-bond acceptors (Lipinski definition) is 3. The van der Waals surface area contributed by atoms with Crippen molar-refractivity contribution in [1.82, 2.24) is 0 Å². The maximum atomic E-state index is 13.4. The minimum absolute atomic E-state index is 0.365. The Morgan fingerprint density at radius 1 is 1.04 bits per heavy atom. The fourth-order valence-electron chi connectivity index (χ4n) is 3.01. The van der Waals surface area contributed by atoms with Crippen molar-refractivity contribution in [3.8, 4) is 5.75 Å². The standard InChI is InChI=1S/C19H25NO3S/c1-7-20(17-10-8-9-13(2)11-17)24(21,22)19-14(3)12-18(23-6)15(4)16(19)5/h8-12H,7H2,1-6H3. The molecule has 0 unspecified atom stereocenters. The maximum Gasteiger partial charge on any atom is 0.264 e. The quantitative estimate of drug-likeness (QED) is 0.816. The van der Waals surface area contributed by atoms with Crippen LogP contribution in [-0.4, -0.2) is 22.1 Å². The van der Waals surface area contributed by atoms with Gasteiger partial charge in [0.25, 0.3) is 10.0 Å². The largest absolute Gasteiger partial charge is 0.496 e. The van der Waals surface area contributed by atoms with Gasteiger partial charge in [0, 0.05) is 6.54 Å². The highest BCUT2D eigenvalue weighted by molar-refractivity contribution is 7.93. The molecule has 0 aromatic heterocycles. The van der Waals surface area contributed by atoms with E-state index in [2.05, 4.69) is 0 Å². The first-order valence-electron chi connectivity index (χ1n) is 7.98. The van der Waals surface area contributed by atoms with E-state index in [0.29, 0.717) is 28.4 Å². The normalized spacial score (nSPS) is 11.4. The summed E-state index contributed by atoms with van der Waals surface area (Å²) in [7, 11) is -2.05. The molecule has 2 aromatic carbocycles. The fourth-order valence-corrected chi connectivity index (χ4v) is 4.97. The topological polar surface area (TPSA) is 46.6 Å². The lowest BCUT2D eigenvalue weighted by Crippen LogP contribution is -2.32. The molecule has 0 fully saturated rings. The Kier molecular flexibility index (Phi) is 5.23. The van der Waals surface area contributed by atoms with Gasteiger partial charge in [0.05, 0.1) is 17.7 Å². The minimum Gasteiger partial charge on any atom is -0.496 e. The number of sulfonamides is 1. The average molecular weight is 347 g/mol. The average Bonchev–Trinajstić information content (AvgIpc) is 2.51. The Balaban J connectivity index is 2.68. The van der Waals surface area contributed by atoms with Crippen LogP contribution in [0.3, 0.4) is 0 Å². The molecule has 0 aliphatic carbocycles. The molecule has 2 rings (SSSR count). The number of hydrogen-bond donors (Lipinski definition) is 0. The van der Waals surface area contributed by atoms with Crippen molar-refractivity contribution in [3.63, 3.8) is 0 Å². The van der Waals surface area contributed by atoms with E-state index < -0.39 is 10.0 Å². The molecule has 0 saturated heterocycles. The highest BCUT2D eigenvalue weighted by Gasteiger charge is 2.28. The first-order chi connectivity index (χ1) is 11.2. The van der Waals surface area contributed by atoms with Gasteiger partial charge in [0.1, 0.15) is 5.75 Å². The Morgan fingerprint density at radius 2 is 1.71 bits per heavy atom. The Bertz CT molecular complexity index is 857. The summed E-state index contributed by atoms with van der Waals surface area (Å²) in [5, 5.41) is 0. The zero-order valence-electron chi connectivity index (χ0n) is 15.2. The molecule has 130 valence electrons. The van der Waals surface area contributed by atoms with Crippen LogP contribution in [0.15, 0.2) is 35.2 Å². The van der Waals surface area contributed by atoms with Gasteiger partial charge in [0.15, 0.2) is 0 Å². The third kappa shape index (κ3) is 3.13. The minimum atomic E-state index is -3.65. The molecular formula is C19H25NO3S. The van der Waals surface area contributed by atoms with Crippen molar-refractivity contribution in [2.75, 3.05) is 18.0 Å². The van der Waals surface area contributed by atoms with E-state index in [1.807, 2.05) is 58.9 Å². The van der Waals surface area contributed by atoms with Crippen LogP contribution in [-0.2, 0) is 10.0 Å². The molecular weight excluding hydrogens is 322 g/mol. The van der Waals surface area contributed by atoms with Gasteiger partial charge in [-0.25, -0.2) is 8.42 Å². The lowest BCUT2D eigenvalue weighted by molar-refractivity contribution is 0.410. The highest BCUT2D eigenvalue weighted by Crippen LogP contribution is 2.34. The van der Waals surface area contributed by atoms with Crippen LogP contribution >= 0.6 is 0 Å². The zero-order valence-corrected chi connectivity index (χ0v) is 16.0. The number of anilines is 1. The molecule has 5 heteroatoms. The summed E-state index contributed by atoms with van der Waals surface area (Å²) < 4.78 is 33.5. The van der Waals surface area contributed by atoms with Crippen LogP contribution in [0.4, 0.5) is 5.69 Å². The summed E-state index contributed by atoms with van der Waals surface area (Å²) in [5.41, 5.74) is 3.99. The molecule has 24 heavy (non-hydrogen) atoms. The molecule has 0 heterocycles. The third-order valence-electron chi connectivity index (χ3n) is 4.32. The number of rotatable bonds is 5. The van der Waals surface area contributed by atoms with Crippen LogP contribution in [0.1, 0.15) is 29.2 Å². The summed E-state index contributed by atoms with van der Waals surface area (Å²) in [6, 6.07) is 9.34. The summed E-state index contributed by atoms with van der Waals surface area (Å²) in [4.78, 5) is 0.365. The number of ether oxygens (including phenoxy) is 1. The van der Waals surface area contributed by atoms with E-state index in [1.54, 1.807) is 13.2 Å². The van der Waals surface area contributed by atoms with Crippen molar-refractivity contribution in [2.45, 2.75) is 39.5 Å². The van der Waals surface area contributed by atoms with Crippen molar-refractivity contribution >= 4 is 15.7 Å². The molecule has 0 aliphatic heterocycles. The van der Waals surface area contributed by atoms with E-state index in [-0.39, 0.29) is 0 Å². The fraction of sp³-hybridized carbons (Fsp3) is 0.368. The molecule has 0 radical (unpaired) electrons. The predicted octanol–water partition coefficient (Wildman–Crippen LogP) is 4.14. The van der Waals surface area contributed by atoms with Gasteiger partial charge in [-0.2, -0.15) is 0 Å². The van der Waals surface area contributed by atoms with Crippen molar-refractivity contribution in [2.24, 2.45) is 0 Å². The molecule has 2 aromatic rings. The summed E-state index contributed by atoms with van der Waals surface area (Å²) in [5.74, 6) is 0.711. The SMILES string of the molecule is CCN(c1cccc(C)c1)S(=O)(=O)c1c(C)cc(OC)c(C)c1C. The van der Waals surface area contributed by atoms with Crippen LogP contribution in [0.2, 0.25) is 0 Å². The van der Waals surface area contributed by atoms with Gasteiger partial charge in [-0.3, -0.25) is 4.31 Å². The molecule has 0 bridgehead atoms. The Morgan fingerprint density at radius 3 is 2.25 bits per heavy atom. The number of benzene rings is 2. The van der Waals surface area contributed by atoms with Crippen LogP contribution in [0, 0.1) is 27.7 Å². The van der Waals surface area contributed by atoms with E-state index in [0.717, 1.165) is 16.7 Å². The van der Waals surface area contributed by atoms with Gasteiger partial charge in [0.2, 0.25) is 0 Å². The molecule has 0 aliphatic rings. The van der Waals surface area contributed by atoms with Gasteiger partial charge < -0.3 is 4.74 Å². The van der Waals surface area contributed by atoms with Crippen molar-refractivity contribution < 1.29 is 13.2 Å². The lowest BCUT2D eigenvalue weighted by atomic mass is 10.1. The molecule has 0 atom stereocenters. The van der Waals surface area contributed by atoms with Gasteiger partial charge >= 0.3 is 0 Å². The Hall–Kier alpha value is -2.01. The van der Waals surface area contributed by atoms with Gasteiger partial charge in [-0.05, 0) is 75.1 Å². The van der Waals surface area contributed by atoms with Crippen molar-refractivity contribution in [3.05, 3.63) is 52.6 Å². The van der Waals surface area contributed by atoms with E-state index in [4.69, 9.17) is 4.74 Å². The summed E-state index contributed by atoms with van der Waals surface area (Å²) in [6.07, 6.45) is 0. The third-order valence-corrected chi connectivity index (χ3v) is 6.52. The Labute approximate surface area is 145 Å². The number of methoxy groups -OCH3 is 1. The second kappa shape index (κ2) is 6.85. The lowest BCUT2D eigenvalue weighted by Gasteiger charge is -2.26. The molecule has 0 saturated carbocycles. The smallest absolute Gasteiger partial charge is 0.264 e. The number of aryl methyl sites for hydroxylation is 2. The monoisotopic (exact) mass is 347 g/mol. The molecule has 4 nitrogen and oxygen atoms in total. The predicted molar refractivity (Wildman–Crippen MR) is 98.6 cm³/mol. The van der Waals surface area contributed by atoms with E-state index in [9.17, 15) is 8.42 Å². The number of nitrogens with zero attached hydrogens (tertiary/aromatic N) is 1. The first-order valence-corrected chi connectivity index (χ1v) is 9.42. The first kappa shape index (κ1) is 18.3. The molecule has 0 amide bonds. The van der Waals surface area contributed by atoms with Crippen LogP contribution in [0.25, 0.3) is 0 Å². The van der Waals surface area contributed by atoms with E-state index >= 15 is 0 Å². The van der Waals surface area contributed by atoms with E-state index in [1.165, 1.54) is 4.31 Å². The molecule has 0 spiro atoms. The van der Waals surface area contributed by atoms with Gasteiger partial charge in [-0.1, -0.05) is 12.1 Å². The second-order valence-electron chi connectivity index (χ2n) is 5.98.